The van der Waals surface area contributed by atoms with Crippen molar-refractivity contribution in [1.82, 2.24) is 35.6 Å². The monoisotopic (exact) mass is 565 g/mol. The molecule has 2 N–H and O–H groups in total. The summed E-state index contributed by atoms with van der Waals surface area (Å²) < 4.78 is 0. The van der Waals surface area contributed by atoms with Crippen LogP contribution in [0.5, 0.6) is 0 Å². The number of pyridine rings is 3. The molecule has 1 amide bonds. The SMILES string of the molecule is O=C(NN1CCC(N(Cc2ccc(CNCc3ccccn3)cc2)Cc2ccccn2)CC1)c1cccnc1C=S. The van der Waals surface area contributed by atoms with Crippen LogP contribution in [0.4, 0.5) is 0 Å². The summed E-state index contributed by atoms with van der Waals surface area (Å²) in [4.78, 5) is 28.5. The van der Waals surface area contributed by atoms with E-state index in [2.05, 4.69) is 60.9 Å². The number of aromatic nitrogens is 3. The predicted octanol–water partition coefficient (Wildman–Crippen LogP) is 4.32. The zero-order chi connectivity index (χ0) is 28.3. The van der Waals surface area contributed by atoms with Gasteiger partial charge in [0.05, 0.1) is 22.6 Å². The van der Waals surface area contributed by atoms with E-state index in [0.29, 0.717) is 17.3 Å². The normalized spacial score (nSPS) is 14.2. The van der Waals surface area contributed by atoms with Crippen molar-refractivity contribution >= 4 is 23.5 Å². The minimum atomic E-state index is -0.174. The molecule has 0 spiro atoms. The first-order valence-corrected chi connectivity index (χ1v) is 14.4. The van der Waals surface area contributed by atoms with Gasteiger partial charge in [-0.25, -0.2) is 5.01 Å². The van der Waals surface area contributed by atoms with Crippen LogP contribution in [0.15, 0.2) is 91.4 Å². The molecule has 0 radical (unpaired) electrons. The summed E-state index contributed by atoms with van der Waals surface area (Å²) in [5.74, 6) is -0.174. The maximum atomic E-state index is 12.9. The second-order valence-corrected chi connectivity index (χ2v) is 10.4. The number of benzene rings is 1. The second-order valence-electron chi connectivity index (χ2n) is 10.2. The van der Waals surface area contributed by atoms with E-state index < -0.39 is 0 Å². The lowest BCUT2D eigenvalue weighted by Gasteiger charge is -2.38. The third kappa shape index (κ3) is 8.31. The Bertz CT molecular complexity index is 1390. The minimum Gasteiger partial charge on any atom is -0.307 e. The Kier molecular flexibility index (Phi) is 10.2. The molecule has 0 saturated carbocycles. The molecule has 9 heteroatoms. The number of nitrogens with zero attached hydrogens (tertiary/aromatic N) is 5. The minimum absolute atomic E-state index is 0.174. The lowest BCUT2D eigenvalue weighted by atomic mass is 10.0. The molecule has 0 aliphatic carbocycles. The molecule has 4 aromatic rings. The number of hydrogen-bond acceptors (Lipinski definition) is 8. The number of hydrogen-bond donors (Lipinski definition) is 2. The van der Waals surface area contributed by atoms with E-state index >= 15 is 0 Å². The zero-order valence-electron chi connectivity index (χ0n) is 23.0. The molecule has 0 unspecified atom stereocenters. The van der Waals surface area contributed by atoms with Crippen molar-refractivity contribution in [2.75, 3.05) is 13.1 Å². The molecule has 210 valence electrons. The van der Waals surface area contributed by atoms with Crippen molar-refractivity contribution in [3.63, 3.8) is 0 Å². The van der Waals surface area contributed by atoms with Crippen molar-refractivity contribution in [2.45, 2.75) is 45.1 Å². The molecule has 3 aromatic heterocycles. The van der Waals surface area contributed by atoms with Crippen LogP contribution >= 0.6 is 12.2 Å². The largest absolute Gasteiger partial charge is 0.307 e. The van der Waals surface area contributed by atoms with Gasteiger partial charge in [0.15, 0.2) is 0 Å². The summed E-state index contributed by atoms with van der Waals surface area (Å²) >= 11 is 5.03. The molecule has 41 heavy (non-hydrogen) atoms. The summed E-state index contributed by atoms with van der Waals surface area (Å²) in [5, 5.41) is 6.92. The van der Waals surface area contributed by atoms with Crippen LogP contribution < -0.4 is 10.7 Å². The molecule has 8 nitrogen and oxygen atoms in total. The van der Waals surface area contributed by atoms with Gasteiger partial charge in [-0.05, 0) is 60.4 Å². The fraction of sp³-hybridized carbons (Fsp3) is 0.281. The van der Waals surface area contributed by atoms with E-state index in [9.17, 15) is 4.79 Å². The number of piperidine rings is 1. The number of carbonyl (C=O) groups is 1. The highest BCUT2D eigenvalue weighted by Crippen LogP contribution is 2.21. The van der Waals surface area contributed by atoms with Crippen LogP contribution in [-0.2, 0) is 26.2 Å². The molecule has 1 saturated heterocycles. The Morgan fingerprint density at radius 1 is 0.829 bits per heavy atom. The topological polar surface area (TPSA) is 86.3 Å². The lowest BCUT2D eigenvalue weighted by molar-refractivity contribution is 0.0548. The van der Waals surface area contributed by atoms with E-state index in [4.69, 9.17) is 12.2 Å². The number of thiocarbonyl (C=S) groups is 1. The average Bonchev–Trinajstić information content (AvgIpc) is 3.03. The van der Waals surface area contributed by atoms with E-state index in [1.54, 1.807) is 18.3 Å². The highest BCUT2D eigenvalue weighted by Gasteiger charge is 2.26. The van der Waals surface area contributed by atoms with Crippen LogP contribution in [0.3, 0.4) is 0 Å². The number of rotatable bonds is 12. The number of hydrazine groups is 1. The zero-order valence-corrected chi connectivity index (χ0v) is 23.8. The van der Waals surface area contributed by atoms with Gasteiger partial charge in [0.1, 0.15) is 0 Å². The van der Waals surface area contributed by atoms with Crippen molar-refractivity contribution in [3.05, 3.63) is 125 Å². The maximum Gasteiger partial charge on any atom is 0.267 e. The van der Waals surface area contributed by atoms with Crippen molar-refractivity contribution in [2.24, 2.45) is 0 Å². The molecule has 5 rings (SSSR count). The predicted molar refractivity (Wildman–Crippen MR) is 164 cm³/mol. The molecular formula is C32H35N7OS. The number of amides is 1. The second kappa shape index (κ2) is 14.7. The van der Waals surface area contributed by atoms with E-state index in [0.717, 1.165) is 63.5 Å². The molecular weight excluding hydrogens is 530 g/mol. The Balaban J connectivity index is 1.18. The van der Waals surface area contributed by atoms with E-state index in [1.165, 1.54) is 16.5 Å². The Hall–Kier alpha value is -3.89. The standard InChI is InChI=1S/C32H35N7OS/c40-32(30-8-5-17-36-31(30)24-41)37-39-18-13-29(14-19-39)38(23-28-7-2-4-16-35-28)22-26-11-9-25(10-12-26)20-33-21-27-6-1-3-15-34-27/h1-12,15-17,24,29,33H,13-14,18-23H2,(H,37,40). The molecule has 1 aliphatic heterocycles. The highest BCUT2D eigenvalue weighted by atomic mass is 32.1. The van der Waals surface area contributed by atoms with E-state index in [-0.39, 0.29) is 5.91 Å². The molecule has 0 atom stereocenters. The summed E-state index contributed by atoms with van der Waals surface area (Å²) in [6.07, 6.45) is 7.20. The molecule has 1 aromatic carbocycles. The van der Waals surface area contributed by atoms with Gasteiger partial charge >= 0.3 is 0 Å². The van der Waals surface area contributed by atoms with Gasteiger partial charge in [0, 0.05) is 69.3 Å². The number of nitrogens with one attached hydrogen (secondary N) is 2. The Morgan fingerprint density at radius 2 is 1.51 bits per heavy atom. The maximum absolute atomic E-state index is 12.9. The molecule has 1 aliphatic rings. The van der Waals surface area contributed by atoms with Crippen LogP contribution in [0.2, 0.25) is 0 Å². The van der Waals surface area contributed by atoms with Gasteiger partial charge in [0.2, 0.25) is 0 Å². The van der Waals surface area contributed by atoms with Gasteiger partial charge in [0.25, 0.3) is 5.91 Å². The first-order chi connectivity index (χ1) is 20.2. The quantitative estimate of drug-likeness (QED) is 0.246. The molecule has 1 fully saturated rings. The van der Waals surface area contributed by atoms with Gasteiger partial charge in [-0.2, -0.15) is 0 Å². The average molecular weight is 566 g/mol. The van der Waals surface area contributed by atoms with Crippen molar-refractivity contribution < 1.29 is 4.79 Å². The molecule has 0 bridgehead atoms. The van der Waals surface area contributed by atoms with Crippen molar-refractivity contribution in [1.29, 1.82) is 0 Å². The molecule has 4 heterocycles. The van der Waals surface area contributed by atoms with Crippen LogP contribution in [-0.4, -0.2) is 55.3 Å². The lowest BCUT2D eigenvalue weighted by Crippen LogP contribution is -2.51. The summed E-state index contributed by atoms with van der Waals surface area (Å²) in [7, 11) is 0. The van der Waals surface area contributed by atoms with Crippen LogP contribution in [0.1, 0.15) is 51.4 Å². The summed E-state index contributed by atoms with van der Waals surface area (Å²) in [5.41, 5.74) is 8.68. The first kappa shape index (κ1) is 28.6. The Morgan fingerprint density at radius 3 is 2.20 bits per heavy atom. The first-order valence-electron chi connectivity index (χ1n) is 14.0. The highest BCUT2D eigenvalue weighted by molar-refractivity contribution is 7.79. The van der Waals surface area contributed by atoms with Gasteiger partial charge in [-0.15, -0.1) is 0 Å². The van der Waals surface area contributed by atoms with Crippen LogP contribution in [0.25, 0.3) is 0 Å². The Labute approximate surface area is 246 Å². The van der Waals surface area contributed by atoms with Crippen LogP contribution in [0, 0.1) is 0 Å². The third-order valence-electron chi connectivity index (χ3n) is 7.30. The van der Waals surface area contributed by atoms with E-state index in [1.807, 2.05) is 47.7 Å². The van der Waals surface area contributed by atoms with Gasteiger partial charge in [-0.1, -0.05) is 48.6 Å². The third-order valence-corrected chi connectivity index (χ3v) is 7.52. The van der Waals surface area contributed by atoms with Gasteiger partial charge in [-0.3, -0.25) is 30.1 Å². The van der Waals surface area contributed by atoms with Gasteiger partial charge < -0.3 is 5.32 Å². The summed E-state index contributed by atoms with van der Waals surface area (Å²) in [6.45, 7) is 4.69. The summed E-state index contributed by atoms with van der Waals surface area (Å²) in [6, 6.07) is 24.8. The number of carbonyl (C=O) groups excluding carboxylic acids is 1. The fourth-order valence-electron chi connectivity index (χ4n) is 5.10. The smallest absolute Gasteiger partial charge is 0.267 e. The van der Waals surface area contributed by atoms with Crippen molar-refractivity contribution in [3.8, 4) is 0 Å². The fourth-order valence-corrected chi connectivity index (χ4v) is 5.29.